The fourth-order valence-corrected chi connectivity index (χ4v) is 2.82. The number of nitrogens with one attached hydrogen (secondary N) is 1. The number of benzene rings is 2. The Morgan fingerprint density at radius 2 is 2.00 bits per heavy atom. The van der Waals surface area contributed by atoms with E-state index in [1.807, 2.05) is 42.5 Å². The van der Waals surface area contributed by atoms with Gasteiger partial charge in [-0.15, -0.1) is 0 Å². The Hall–Kier alpha value is -0.780. The minimum atomic E-state index is 0.235. The molecule has 0 heterocycles. The van der Waals surface area contributed by atoms with Crippen LogP contribution in [0.25, 0.3) is 0 Å². The molecule has 2 aromatic carbocycles. The summed E-state index contributed by atoms with van der Waals surface area (Å²) < 4.78 is 6.95. The molecule has 0 aliphatic rings. The summed E-state index contributed by atoms with van der Waals surface area (Å²) in [5.41, 5.74) is 1.09. The largest absolute Gasteiger partial charge is 0.456 e. The van der Waals surface area contributed by atoms with Gasteiger partial charge in [0, 0.05) is 11.1 Å². The number of para-hydroxylation sites is 1. The first-order valence-electron chi connectivity index (χ1n) is 6.57. The lowest BCUT2D eigenvalue weighted by Gasteiger charge is -2.15. The lowest BCUT2D eigenvalue weighted by molar-refractivity contribution is 0.478. The number of halogens is 2. The van der Waals surface area contributed by atoms with Crippen LogP contribution in [0.4, 0.5) is 0 Å². The molecule has 2 nitrogen and oxygen atoms in total. The SMILES string of the molecule is CCNC(C)c1ccc(Oc2ccccc2I)cc1Cl. The number of hydrogen-bond donors (Lipinski definition) is 1. The molecule has 0 radical (unpaired) electrons. The zero-order valence-corrected chi connectivity index (χ0v) is 14.4. The summed E-state index contributed by atoms with van der Waals surface area (Å²) in [5.74, 6) is 1.60. The molecule has 0 fully saturated rings. The van der Waals surface area contributed by atoms with Gasteiger partial charge in [-0.2, -0.15) is 0 Å². The first kappa shape index (κ1) is 15.6. The van der Waals surface area contributed by atoms with Crippen LogP contribution in [0.3, 0.4) is 0 Å². The minimum absolute atomic E-state index is 0.235. The quantitative estimate of drug-likeness (QED) is 0.677. The number of ether oxygens (including phenoxy) is 1. The second-order valence-corrected chi connectivity index (χ2v) is 6.06. The molecular formula is C16H17ClINO. The van der Waals surface area contributed by atoms with Crippen molar-refractivity contribution in [3.8, 4) is 11.5 Å². The Kier molecular flexibility index (Phi) is 5.69. The maximum Gasteiger partial charge on any atom is 0.140 e. The van der Waals surface area contributed by atoms with Gasteiger partial charge in [-0.3, -0.25) is 0 Å². The molecule has 2 rings (SSSR count). The smallest absolute Gasteiger partial charge is 0.140 e. The molecule has 0 aliphatic carbocycles. The molecule has 0 aliphatic heterocycles. The van der Waals surface area contributed by atoms with Crippen molar-refractivity contribution in [3.63, 3.8) is 0 Å². The van der Waals surface area contributed by atoms with Crippen molar-refractivity contribution in [2.24, 2.45) is 0 Å². The maximum absolute atomic E-state index is 6.34. The molecule has 106 valence electrons. The molecule has 0 saturated heterocycles. The van der Waals surface area contributed by atoms with Gasteiger partial charge in [0.25, 0.3) is 0 Å². The van der Waals surface area contributed by atoms with Crippen molar-refractivity contribution in [1.82, 2.24) is 5.32 Å². The zero-order valence-electron chi connectivity index (χ0n) is 11.5. The molecule has 20 heavy (non-hydrogen) atoms. The molecule has 1 N–H and O–H groups in total. The highest BCUT2D eigenvalue weighted by Gasteiger charge is 2.10. The normalized spacial score (nSPS) is 12.2. The first-order valence-corrected chi connectivity index (χ1v) is 8.02. The fourth-order valence-electron chi connectivity index (χ4n) is 1.99. The highest BCUT2D eigenvalue weighted by Crippen LogP contribution is 2.31. The van der Waals surface area contributed by atoms with Crippen molar-refractivity contribution >= 4 is 34.2 Å². The molecule has 0 amide bonds. The average molecular weight is 402 g/mol. The number of hydrogen-bond acceptors (Lipinski definition) is 2. The van der Waals surface area contributed by atoms with E-state index in [9.17, 15) is 0 Å². The van der Waals surface area contributed by atoms with Crippen molar-refractivity contribution in [1.29, 1.82) is 0 Å². The Labute approximate surface area is 138 Å². The predicted molar refractivity (Wildman–Crippen MR) is 92.8 cm³/mol. The monoisotopic (exact) mass is 401 g/mol. The Balaban J connectivity index is 2.19. The van der Waals surface area contributed by atoms with E-state index < -0.39 is 0 Å². The third kappa shape index (κ3) is 3.87. The lowest BCUT2D eigenvalue weighted by atomic mass is 10.1. The van der Waals surface area contributed by atoms with Gasteiger partial charge in [0.15, 0.2) is 0 Å². The maximum atomic E-state index is 6.34. The van der Waals surface area contributed by atoms with Gasteiger partial charge in [-0.25, -0.2) is 0 Å². The summed E-state index contributed by atoms with van der Waals surface area (Å²) in [6.07, 6.45) is 0. The van der Waals surface area contributed by atoms with E-state index in [4.69, 9.17) is 16.3 Å². The van der Waals surface area contributed by atoms with Crippen LogP contribution in [0.2, 0.25) is 5.02 Å². The van der Waals surface area contributed by atoms with Crippen LogP contribution in [0, 0.1) is 3.57 Å². The van der Waals surface area contributed by atoms with E-state index in [2.05, 4.69) is 41.8 Å². The van der Waals surface area contributed by atoms with Crippen LogP contribution < -0.4 is 10.1 Å². The predicted octanol–water partition coefficient (Wildman–Crippen LogP) is 5.41. The van der Waals surface area contributed by atoms with Crippen LogP contribution in [0.15, 0.2) is 42.5 Å². The third-order valence-electron chi connectivity index (χ3n) is 3.01. The molecule has 0 saturated carbocycles. The summed E-state index contributed by atoms with van der Waals surface area (Å²) in [5, 5.41) is 4.08. The Bertz CT molecular complexity index is 588. The summed E-state index contributed by atoms with van der Waals surface area (Å²) in [6.45, 7) is 5.10. The van der Waals surface area contributed by atoms with Crippen molar-refractivity contribution in [2.45, 2.75) is 19.9 Å². The Morgan fingerprint density at radius 3 is 2.65 bits per heavy atom. The van der Waals surface area contributed by atoms with E-state index in [0.717, 1.165) is 32.2 Å². The van der Waals surface area contributed by atoms with Gasteiger partial charge in [0.05, 0.1) is 3.57 Å². The van der Waals surface area contributed by atoms with E-state index in [0.29, 0.717) is 0 Å². The van der Waals surface area contributed by atoms with Crippen molar-refractivity contribution < 1.29 is 4.74 Å². The Morgan fingerprint density at radius 1 is 1.25 bits per heavy atom. The van der Waals surface area contributed by atoms with Gasteiger partial charge >= 0.3 is 0 Å². The minimum Gasteiger partial charge on any atom is -0.456 e. The molecule has 0 aromatic heterocycles. The molecule has 0 spiro atoms. The molecule has 1 unspecified atom stereocenters. The second-order valence-electron chi connectivity index (χ2n) is 4.50. The van der Waals surface area contributed by atoms with Gasteiger partial charge in [0.1, 0.15) is 11.5 Å². The van der Waals surface area contributed by atoms with Gasteiger partial charge in [-0.1, -0.05) is 36.7 Å². The van der Waals surface area contributed by atoms with E-state index >= 15 is 0 Å². The standard InChI is InChI=1S/C16H17ClINO/c1-3-19-11(2)13-9-8-12(10-14(13)17)20-16-7-5-4-6-15(16)18/h4-11,19H,3H2,1-2H3. The first-order chi connectivity index (χ1) is 9.61. The van der Waals surface area contributed by atoms with Crippen LogP contribution in [0.1, 0.15) is 25.5 Å². The van der Waals surface area contributed by atoms with Crippen LogP contribution in [-0.4, -0.2) is 6.54 Å². The average Bonchev–Trinajstić information content (AvgIpc) is 2.42. The fraction of sp³-hybridized carbons (Fsp3) is 0.250. The summed E-state index contributed by atoms with van der Waals surface area (Å²) in [6, 6.07) is 14.0. The summed E-state index contributed by atoms with van der Waals surface area (Å²) >= 11 is 8.60. The third-order valence-corrected chi connectivity index (χ3v) is 4.23. The van der Waals surface area contributed by atoms with E-state index in [-0.39, 0.29) is 6.04 Å². The zero-order chi connectivity index (χ0) is 14.5. The molecule has 2 aromatic rings. The van der Waals surface area contributed by atoms with Crippen molar-refractivity contribution in [2.75, 3.05) is 6.54 Å². The molecule has 4 heteroatoms. The van der Waals surface area contributed by atoms with Gasteiger partial charge in [-0.05, 0) is 65.9 Å². The highest BCUT2D eigenvalue weighted by molar-refractivity contribution is 14.1. The van der Waals surface area contributed by atoms with Crippen molar-refractivity contribution in [3.05, 3.63) is 56.6 Å². The topological polar surface area (TPSA) is 21.3 Å². The van der Waals surface area contributed by atoms with E-state index in [1.165, 1.54) is 0 Å². The van der Waals surface area contributed by atoms with Gasteiger partial charge < -0.3 is 10.1 Å². The highest BCUT2D eigenvalue weighted by atomic mass is 127. The van der Waals surface area contributed by atoms with Gasteiger partial charge in [0.2, 0.25) is 0 Å². The summed E-state index contributed by atoms with van der Waals surface area (Å²) in [7, 11) is 0. The molecule has 1 atom stereocenters. The molecular weight excluding hydrogens is 385 g/mol. The second kappa shape index (κ2) is 7.29. The summed E-state index contributed by atoms with van der Waals surface area (Å²) in [4.78, 5) is 0. The molecule has 0 bridgehead atoms. The lowest BCUT2D eigenvalue weighted by Crippen LogP contribution is -2.17. The van der Waals surface area contributed by atoms with Crippen LogP contribution in [0.5, 0.6) is 11.5 Å². The van der Waals surface area contributed by atoms with E-state index in [1.54, 1.807) is 0 Å². The van der Waals surface area contributed by atoms with Crippen LogP contribution >= 0.6 is 34.2 Å². The van der Waals surface area contributed by atoms with Crippen LogP contribution in [-0.2, 0) is 0 Å². The number of rotatable bonds is 5.